The van der Waals surface area contributed by atoms with Gasteiger partial charge >= 0.3 is 0 Å². The molecule has 0 amide bonds. The normalized spacial score (nSPS) is 29.2. The molecular weight excluding hydrogens is 82.0 g/mol. The van der Waals surface area contributed by atoms with E-state index in [1.165, 1.54) is 6.34 Å². The lowest BCUT2D eigenvalue weighted by Gasteiger charge is -1.80. The zero-order chi connectivity index (χ0) is 4.41. The Bertz CT molecular complexity index is 85.0. The van der Waals surface area contributed by atoms with Gasteiger partial charge in [0.05, 0.1) is 0 Å². The Hall–Kier alpha value is -0.770. The molecule has 0 spiro atoms. The van der Waals surface area contributed by atoms with E-state index in [9.17, 15) is 0 Å². The van der Waals surface area contributed by atoms with Crippen molar-refractivity contribution in [3.8, 4) is 0 Å². The first kappa shape index (κ1) is 3.42. The Morgan fingerprint density at radius 1 is 1.67 bits per heavy atom. The third-order valence-electron chi connectivity index (χ3n) is 0.422. The summed E-state index contributed by atoms with van der Waals surface area (Å²) in [5.74, 6) is 0. The fourth-order valence-corrected chi connectivity index (χ4v) is 0.209. The maximum atomic E-state index is 8.27. The van der Waals surface area contributed by atoms with Crippen LogP contribution in [-0.4, -0.2) is 17.8 Å². The van der Waals surface area contributed by atoms with Gasteiger partial charge in [-0.05, 0) is 0 Å². The summed E-state index contributed by atoms with van der Waals surface area (Å²) in [6, 6.07) is 0. The molecule has 32 valence electrons. The maximum Gasteiger partial charge on any atom is 0.263 e. The van der Waals surface area contributed by atoms with Gasteiger partial charge in [-0.1, -0.05) is 0 Å². The van der Waals surface area contributed by atoms with Crippen molar-refractivity contribution < 1.29 is 5.11 Å². The second kappa shape index (κ2) is 1.14. The fourth-order valence-electron chi connectivity index (χ4n) is 0.209. The quantitative estimate of drug-likeness (QED) is 0.433. The van der Waals surface area contributed by atoms with Crippen LogP contribution in [0, 0.1) is 0 Å². The zero-order valence-electron chi connectivity index (χ0n) is 2.94. The predicted molar refractivity (Wildman–Crippen MR) is 19.4 cm³/mol. The van der Waals surface area contributed by atoms with Crippen LogP contribution in [0.4, 0.5) is 0 Å². The van der Waals surface area contributed by atoms with Gasteiger partial charge in [-0.3, -0.25) is 0 Å². The predicted octanol–water partition coefficient (Wildman–Crippen LogP) is -0.244. The van der Waals surface area contributed by atoms with Crippen LogP contribution in [0.25, 0.3) is 0 Å². The average Bonchev–Trinajstić information content (AvgIpc) is 1.86. The first-order valence-corrected chi connectivity index (χ1v) is 1.49. The molecule has 0 aromatic rings. The Morgan fingerprint density at radius 3 is 2.67 bits per heavy atom. The molecule has 4 heteroatoms. The molecule has 0 aromatic heterocycles. The second-order valence-electron chi connectivity index (χ2n) is 0.842. The van der Waals surface area contributed by atoms with E-state index in [2.05, 4.69) is 15.2 Å². The van der Waals surface area contributed by atoms with Gasteiger partial charge in [-0.2, -0.15) is 0 Å². The number of aliphatic hydroxyl groups is 1. The summed E-state index contributed by atoms with van der Waals surface area (Å²) in [6.45, 7) is 0. The number of aliphatic imine (C=N–C) groups is 1. The number of hydrogen-bond acceptors (Lipinski definition) is 4. The Morgan fingerprint density at radius 2 is 2.50 bits per heavy atom. The van der Waals surface area contributed by atoms with Gasteiger partial charge in [0.15, 0.2) is 0 Å². The first-order chi connectivity index (χ1) is 2.89. The molecular formula is C2H3N3O. The van der Waals surface area contributed by atoms with Gasteiger partial charge in [0, 0.05) is 0 Å². The van der Waals surface area contributed by atoms with Crippen molar-refractivity contribution in [2.24, 2.45) is 15.2 Å². The highest BCUT2D eigenvalue weighted by Gasteiger charge is 1.95. The Labute approximate surface area is 34.2 Å². The molecule has 0 saturated heterocycles. The molecule has 0 aliphatic carbocycles. The van der Waals surface area contributed by atoms with Crippen LogP contribution >= 0.6 is 0 Å². The number of rotatable bonds is 0. The molecule has 0 bridgehead atoms. The number of azo groups is 1. The molecule has 1 aliphatic heterocycles. The van der Waals surface area contributed by atoms with Crippen molar-refractivity contribution >= 4 is 6.34 Å². The standard InChI is InChI=1S/C2H3N3O/c6-2-3-1-4-5-2/h1-2,6H. The summed E-state index contributed by atoms with van der Waals surface area (Å²) in [6.07, 6.45) is 0.287. The van der Waals surface area contributed by atoms with E-state index in [4.69, 9.17) is 5.11 Å². The number of aliphatic hydroxyl groups excluding tert-OH is 1. The van der Waals surface area contributed by atoms with E-state index >= 15 is 0 Å². The van der Waals surface area contributed by atoms with Crippen molar-refractivity contribution in [1.29, 1.82) is 0 Å². The van der Waals surface area contributed by atoms with Crippen molar-refractivity contribution in [3.63, 3.8) is 0 Å². The van der Waals surface area contributed by atoms with Gasteiger partial charge in [0.2, 0.25) is 0 Å². The minimum absolute atomic E-state index is 0.926. The second-order valence-corrected chi connectivity index (χ2v) is 0.842. The highest BCUT2D eigenvalue weighted by atomic mass is 16.3. The van der Waals surface area contributed by atoms with E-state index in [1.54, 1.807) is 0 Å². The van der Waals surface area contributed by atoms with Crippen LogP contribution in [0.1, 0.15) is 0 Å². The summed E-state index contributed by atoms with van der Waals surface area (Å²) >= 11 is 0. The van der Waals surface area contributed by atoms with Crippen LogP contribution < -0.4 is 0 Å². The third kappa shape index (κ3) is 0.414. The van der Waals surface area contributed by atoms with Gasteiger partial charge < -0.3 is 5.11 Å². The first-order valence-electron chi connectivity index (χ1n) is 1.49. The Balaban J connectivity index is 2.60. The van der Waals surface area contributed by atoms with E-state index in [-0.39, 0.29) is 0 Å². The van der Waals surface area contributed by atoms with E-state index in [0.29, 0.717) is 0 Å². The van der Waals surface area contributed by atoms with E-state index in [1.807, 2.05) is 0 Å². The molecule has 1 N–H and O–H groups in total. The van der Waals surface area contributed by atoms with E-state index < -0.39 is 6.35 Å². The molecule has 1 aliphatic rings. The summed E-state index contributed by atoms with van der Waals surface area (Å²) in [5.41, 5.74) is 0. The topological polar surface area (TPSA) is 57.3 Å². The van der Waals surface area contributed by atoms with Crippen molar-refractivity contribution in [1.82, 2.24) is 0 Å². The van der Waals surface area contributed by atoms with Crippen molar-refractivity contribution in [2.75, 3.05) is 0 Å². The van der Waals surface area contributed by atoms with Gasteiger partial charge in [-0.25, -0.2) is 4.99 Å². The van der Waals surface area contributed by atoms with E-state index in [0.717, 1.165) is 0 Å². The summed E-state index contributed by atoms with van der Waals surface area (Å²) in [7, 11) is 0. The number of hydrogen-bond donors (Lipinski definition) is 1. The zero-order valence-corrected chi connectivity index (χ0v) is 2.94. The minimum Gasteiger partial charge on any atom is -0.353 e. The van der Waals surface area contributed by atoms with Crippen LogP contribution in [0.5, 0.6) is 0 Å². The lowest BCUT2D eigenvalue weighted by Crippen LogP contribution is -1.89. The monoisotopic (exact) mass is 85.0 g/mol. The molecule has 0 fully saturated rings. The lowest BCUT2D eigenvalue weighted by molar-refractivity contribution is 0.194. The van der Waals surface area contributed by atoms with Crippen LogP contribution in [0.15, 0.2) is 15.2 Å². The fraction of sp³-hybridized carbons (Fsp3) is 0.500. The summed E-state index contributed by atoms with van der Waals surface area (Å²) in [5, 5.41) is 14.7. The molecule has 1 unspecified atom stereocenters. The number of nitrogens with zero attached hydrogens (tertiary/aromatic N) is 3. The molecule has 1 atom stereocenters. The molecule has 0 saturated carbocycles. The maximum absolute atomic E-state index is 8.27. The van der Waals surface area contributed by atoms with Gasteiger partial charge in [-0.15, -0.1) is 10.2 Å². The summed E-state index contributed by atoms with van der Waals surface area (Å²) < 4.78 is 0. The largest absolute Gasteiger partial charge is 0.353 e. The Kier molecular flexibility index (Phi) is 0.648. The van der Waals surface area contributed by atoms with Gasteiger partial charge in [0.25, 0.3) is 6.35 Å². The lowest BCUT2D eigenvalue weighted by atomic mass is 11.1. The molecule has 0 aromatic carbocycles. The molecule has 0 radical (unpaired) electrons. The highest BCUT2D eigenvalue weighted by molar-refractivity contribution is 5.55. The molecule has 4 nitrogen and oxygen atoms in total. The van der Waals surface area contributed by atoms with Crippen molar-refractivity contribution in [3.05, 3.63) is 0 Å². The molecule has 1 rings (SSSR count). The molecule has 1 heterocycles. The van der Waals surface area contributed by atoms with Crippen LogP contribution in [0.2, 0.25) is 0 Å². The van der Waals surface area contributed by atoms with Gasteiger partial charge in [0.1, 0.15) is 6.34 Å². The highest BCUT2D eigenvalue weighted by Crippen LogP contribution is 1.92. The SMILES string of the molecule is OC1N=CN=N1. The third-order valence-corrected chi connectivity index (χ3v) is 0.422. The van der Waals surface area contributed by atoms with Crippen LogP contribution in [-0.2, 0) is 0 Å². The average molecular weight is 85.1 g/mol. The van der Waals surface area contributed by atoms with Crippen molar-refractivity contribution in [2.45, 2.75) is 6.35 Å². The van der Waals surface area contributed by atoms with Crippen LogP contribution in [0.3, 0.4) is 0 Å². The smallest absolute Gasteiger partial charge is 0.263 e. The molecule has 6 heavy (non-hydrogen) atoms. The summed E-state index contributed by atoms with van der Waals surface area (Å²) in [4.78, 5) is 3.33. The minimum atomic E-state index is -0.926.